The maximum absolute atomic E-state index is 13.7. The number of halogens is 2. The van der Waals surface area contributed by atoms with E-state index in [1.54, 1.807) is 6.07 Å². The summed E-state index contributed by atoms with van der Waals surface area (Å²) in [5, 5.41) is 0.259. The van der Waals surface area contributed by atoms with Gasteiger partial charge in [-0.2, -0.15) is 0 Å². The normalized spacial score (nSPS) is 13.1. The monoisotopic (exact) mass is 257 g/mol. The zero-order chi connectivity index (χ0) is 13.0. The van der Waals surface area contributed by atoms with Crippen molar-refractivity contribution >= 4 is 11.6 Å². The Kier molecular flexibility index (Phi) is 5.41. The van der Waals surface area contributed by atoms with Crippen LogP contribution in [0.5, 0.6) is 0 Å². The fraction of sp³-hybridized carbons (Fsp3) is 0.571. The summed E-state index contributed by atoms with van der Waals surface area (Å²) in [6.45, 7) is 6.85. The van der Waals surface area contributed by atoms with Gasteiger partial charge in [-0.3, -0.25) is 0 Å². The van der Waals surface area contributed by atoms with Gasteiger partial charge in [0.2, 0.25) is 0 Å². The predicted octanol–water partition coefficient (Wildman–Crippen LogP) is 4.13. The predicted molar refractivity (Wildman–Crippen MR) is 72.0 cm³/mol. The molecule has 2 N–H and O–H groups in total. The van der Waals surface area contributed by atoms with Crippen molar-refractivity contribution in [2.75, 3.05) is 6.54 Å². The highest BCUT2D eigenvalue weighted by Gasteiger charge is 2.13. The molecule has 1 aromatic carbocycles. The van der Waals surface area contributed by atoms with E-state index in [1.807, 2.05) is 19.9 Å². The van der Waals surface area contributed by atoms with Crippen LogP contribution in [0.1, 0.15) is 44.2 Å². The van der Waals surface area contributed by atoms with Crippen LogP contribution in [0.15, 0.2) is 12.1 Å². The number of benzene rings is 1. The number of rotatable bonds is 5. The number of hydrogen-bond donors (Lipinski definition) is 1. The second-order valence-electron chi connectivity index (χ2n) is 5.02. The highest BCUT2D eigenvalue weighted by atomic mass is 35.5. The van der Waals surface area contributed by atoms with Gasteiger partial charge in [-0.25, -0.2) is 4.39 Å². The fourth-order valence-electron chi connectivity index (χ4n) is 2.00. The molecular formula is C14H21ClFN. The average Bonchev–Trinajstić information content (AvgIpc) is 2.23. The zero-order valence-corrected chi connectivity index (χ0v) is 11.5. The molecule has 1 aromatic rings. The highest BCUT2D eigenvalue weighted by molar-refractivity contribution is 6.31. The minimum Gasteiger partial charge on any atom is -0.330 e. The molecule has 0 radical (unpaired) electrons. The lowest BCUT2D eigenvalue weighted by Gasteiger charge is -2.14. The standard InChI is InChI=1S/C14H21ClFN/c1-9(2)12-7-11(6-10(3)4-5-17)8-13(16)14(12)15/h7-10H,4-6,17H2,1-3H3. The molecule has 0 spiro atoms. The quantitative estimate of drug-likeness (QED) is 0.843. The van der Waals surface area contributed by atoms with Crippen LogP contribution in [0.3, 0.4) is 0 Å². The fourth-order valence-corrected chi connectivity index (χ4v) is 2.32. The van der Waals surface area contributed by atoms with Crippen LogP contribution in [-0.4, -0.2) is 6.54 Å². The first-order chi connectivity index (χ1) is 7.95. The topological polar surface area (TPSA) is 26.0 Å². The van der Waals surface area contributed by atoms with E-state index < -0.39 is 0 Å². The van der Waals surface area contributed by atoms with Crippen LogP contribution < -0.4 is 5.73 Å². The third kappa shape index (κ3) is 3.97. The molecule has 0 bridgehead atoms. The maximum atomic E-state index is 13.7. The number of nitrogens with two attached hydrogens (primary N) is 1. The first kappa shape index (κ1) is 14.5. The van der Waals surface area contributed by atoms with Crippen LogP contribution in [0.25, 0.3) is 0 Å². The summed E-state index contributed by atoms with van der Waals surface area (Å²) >= 11 is 5.96. The lowest BCUT2D eigenvalue weighted by Crippen LogP contribution is -2.08. The van der Waals surface area contributed by atoms with Crippen LogP contribution in [0, 0.1) is 11.7 Å². The average molecular weight is 258 g/mol. The van der Waals surface area contributed by atoms with Crippen molar-refractivity contribution in [1.29, 1.82) is 0 Å². The van der Waals surface area contributed by atoms with Crippen LogP contribution >= 0.6 is 11.6 Å². The van der Waals surface area contributed by atoms with Crippen molar-refractivity contribution in [1.82, 2.24) is 0 Å². The zero-order valence-electron chi connectivity index (χ0n) is 10.8. The van der Waals surface area contributed by atoms with Gasteiger partial charge < -0.3 is 5.73 Å². The van der Waals surface area contributed by atoms with Gasteiger partial charge in [0.15, 0.2) is 0 Å². The van der Waals surface area contributed by atoms with Crippen molar-refractivity contribution in [2.45, 2.75) is 39.5 Å². The summed E-state index contributed by atoms with van der Waals surface area (Å²) in [6.07, 6.45) is 1.81. The molecule has 0 aliphatic rings. The largest absolute Gasteiger partial charge is 0.330 e. The van der Waals surface area contributed by atoms with Crippen LogP contribution in [-0.2, 0) is 6.42 Å². The Hall–Kier alpha value is -0.600. The van der Waals surface area contributed by atoms with E-state index in [1.165, 1.54) is 0 Å². The molecule has 1 rings (SSSR count). The lowest BCUT2D eigenvalue weighted by molar-refractivity contribution is 0.534. The highest BCUT2D eigenvalue weighted by Crippen LogP contribution is 2.29. The van der Waals surface area contributed by atoms with Gasteiger partial charge in [-0.05, 0) is 48.4 Å². The molecule has 0 heterocycles. The first-order valence-corrected chi connectivity index (χ1v) is 6.51. The molecule has 1 nitrogen and oxygen atoms in total. The van der Waals surface area contributed by atoms with Gasteiger partial charge in [0, 0.05) is 0 Å². The first-order valence-electron chi connectivity index (χ1n) is 6.13. The van der Waals surface area contributed by atoms with E-state index in [9.17, 15) is 4.39 Å². The Labute approximate surface area is 108 Å². The van der Waals surface area contributed by atoms with Gasteiger partial charge in [-0.15, -0.1) is 0 Å². The second kappa shape index (κ2) is 6.36. The van der Waals surface area contributed by atoms with Crippen LogP contribution in [0.2, 0.25) is 5.02 Å². The molecule has 0 aliphatic carbocycles. The molecule has 0 amide bonds. The van der Waals surface area contributed by atoms with Crippen molar-refractivity contribution in [3.05, 3.63) is 34.1 Å². The molecule has 0 saturated carbocycles. The van der Waals surface area contributed by atoms with E-state index in [2.05, 4.69) is 6.92 Å². The smallest absolute Gasteiger partial charge is 0.142 e. The van der Waals surface area contributed by atoms with E-state index in [-0.39, 0.29) is 16.8 Å². The molecule has 3 heteroatoms. The van der Waals surface area contributed by atoms with Gasteiger partial charge in [-0.1, -0.05) is 38.4 Å². The number of hydrogen-bond acceptors (Lipinski definition) is 1. The maximum Gasteiger partial charge on any atom is 0.142 e. The third-order valence-corrected chi connectivity index (χ3v) is 3.38. The summed E-state index contributed by atoms with van der Waals surface area (Å²) in [6, 6.07) is 3.56. The summed E-state index contributed by atoms with van der Waals surface area (Å²) < 4.78 is 13.7. The Balaban J connectivity index is 2.94. The lowest BCUT2D eigenvalue weighted by atomic mass is 9.94. The molecule has 17 heavy (non-hydrogen) atoms. The van der Waals surface area contributed by atoms with Crippen molar-refractivity contribution in [3.8, 4) is 0 Å². The van der Waals surface area contributed by atoms with Gasteiger partial charge in [0.25, 0.3) is 0 Å². The van der Waals surface area contributed by atoms with Crippen molar-refractivity contribution < 1.29 is 4.39 Å². The molecule has 1 unspecified atom stereocenters. The van der Waals surface area contributed by atoms with E-state index >= 15 is 0 Å². The van der Waals surface area contributed by atoms with Gasteiger partial charge in [0.1, 0.15) is 5.82 Å². The second-order valence-corrected chi connectivity index (χ2v) is 5.40. The summed E-state index contributed by atoms with van der Waals surface area (Å²) in [4.78, 5) is 0. The Morgan fingerprint density at radius 1 is 1.29 bits per heavy atom. The minimum absolute atomic E-state index is 0.238. The molecule has 0 aliphatic heterocycles. The summed E-state index contributed by atoms with van der Waals surface area (Å²) in [5.74, 6) is 0.398. The van der Waals surface area contributed by atoms with E-state index in [4.69, 9.17) is 17.3 Å². The van der Waals surface area contributed by atoms with E-state index in [0.717, 1.165) is 24.0 Å². The molecule has 0 saturated heterocycles. The van der Waals surface area contributed by atoms with Crippen molar-refractivity contribution in [3.63, 3.8) is 0 Å². The summed E-state index contributed by atoms with van der Waals surface area (Å²) in [5.41, 5.74) is 7.42. The Bertz CT molecular complexity index is 377. The summed E-state index contributed by atoms with van der Waals surface area (Å²) in [7, 11) is 0. The van der Waals surface area contributed by atoms with Gasteiger partial charge in [0.05, 0.1) is 5.02 Å². The van der Waals surface area contributed by atoms with Gasteiger partial charge >= 0.3 is 0 Å². The van der Waals surface area contributed by atoms with Crippen LogP contribution in [0.4, 0.5) is 4.39 Å². The Morgan fingerprint density at radius 2 is 1.94 bits per heavy atom. The SMILES string of the molecule is CC(CCN)Cc1cc(F)c(Cl)c(C(C)C)c1. The molecule has 0 fully saturated rings. The minimum atomic E-state index is -0.312. The molecule has 96 valence electrons. The third-order valence-electron chi connectivity index (χ3n) is 2.98. The van der Waals surface area contributed by atoms with Crippen molar-refractivity contribution in [2.24, 2.45) is 11.7 Å². The molecule has 1 atom stereocenters. The molecule has 0 aromatic heterocycles. The molecular weight excluding hydrogens is 237 g/mol. The van der Waals surface area contributed by atoms with E-state index in [0.29, 0.717) is 12.5 Å². The Morgan fingerprint density at radius 3 is 2.47 bits per heavy atom.